The summed E-state index contributed by atoms with van der Waals surface area (Å²) in [4.78, 5) is 0. The summed E-state index contributed by atoms with van der Waals surface area (Å²) in [5.41, 5.74) is 0.687. The summed E-state index contributed by atoms with van der Waals surface area (Å²) in [5.74, 6) is 4.36. The lowest BCUT2D eigenvalue weighted by Gasteiger charge is -2.45. The fraction of sp³-hybridized carbons (Fsp3) is 1.00. The first-order valence-electron chi connectivity index (χ1n) is 6.25. The largest absolute Gasteiger partial charge is 0.664 e. The first kappa shape index (κ1) is 13.6. The van der Waals surface area contributed by atoms with Crippen molar-refractivity contribution in [3.8, 4) is 0 Å². The van der Waals surface area contributed by atoms with Gasteiger partial charge in [0.05, 0.1) is 0 Å². The molecule has 93 valence electrons. The Balaban J connectivity index is 2.30. The average Bonchev–Trinajstić information content (AvgIpc) is 2.48. The van der Waals surface area contributed by atoms with Gasteiger partial charge in [-0.3, -0.25) is 0 Å². The molecule has 0 heterocycles. The van der Waals surface area contributed by atoms with Gasteiger partial charge < -0.3 is 13.8 Å². The Bertz CT molecular complexity index is 284. The summed E-state index contributed by atoms with van der Waals surface area (Å²) in [5, 5.41) is 0. The van der Waals surface area contributed by atoms with Crippen molar-refractivity contribution in [1.29, 1.82) is 0 Å². The summed E-state index contributed by atoms with van der Waals surface area (Å²) >= 11 is 3.07. The van der Waals surface area contributed by atoms with Gasteiger partial charge in [0.25, 0.3) is 13.6 Å². The van der Waals surface area contributed by atoms with Gasteiger partial charge in [0.15, 0.2) is 0 Å². The maximum atomic E-state index is 6.16. The highest BCUT2D eigenvalue weighted by Crippen LogP contribution is 2.68. The SMILES string of the molecule is [CH3][Al-]([Cl])[O]C1C(CS)C2CCC1(C)C2(C)C. The van der Waals surface area contributed by atoms with Crippen LogP contribution in [-0.4, -0.2) is 25.4 Å². The highest BCUT2D eigenvalue weighted by molar-refractivity contribution is 7.80. The topological polar surface area (TPSA) is 9.23 Å². The summed E-state index contributed by atoms with van der Waals surface area (Å²) in [6, 6.07) is 0. The minimum Gasteiger partial charge on any atom is -0.664 e. The summed E-state index contributed by atoms with van der Waals surface area (Å²) in [6.07, 6.45) is 2.97. The van der Waals surface area contributed by atoms with E-state index in [1.807, 2.05) is 0 Å². The van der Waals surface area contributed by atoms with E-state index in [2.05, 4.69) is 39.2 Å². The van der Waals surface area contributed by atoms with Crippen molar-refractivity contribution in [1.82, 2.24) is 0 Å². The quantitative estimate of drug-likeness (QED) is 0.610. The molecule has 0 amide bonds. The van der Waals surface area contributed by atoms with Gasteiger partial charge in [-0.2, -0.15) is 18.4 Å². The van der Waals surface area contributed by atoms with Gasteiger partial charge >= 0.3 is 0 Å². The van der Waals surface area contributed by atoms with Crippen LogP contribution in [0, 0.1) is 22.7 Å². The minimum absolute atomic E-state index is 0.307. The molecule has 0 aliphatic heterocycles. The van der Waals surface area contributed by atoms with E-state index in [-0.39, 0.29) is 0 Å². The van der Waals surface area contributed by atoms with E-state index in [0.29, 0.717) is 22.9 Å². The molecule has 0 spiro atoms. The number of hydrogen-bond donors (Lipinski definition) is 1. The third kappa shape index (κ3) is 1.70. The third-order valence-electron chi connectivity index (χ3n) is 5.45. The fourth-order valence-corrected chi connectivity index (χ4v) is 5.86. The van der Waals surface area contributed by atoms with Gasteiger partial charge in [-0.1, -0.05) is 20.8 Å². The van der Waals surface area contributed by atoms with Crippen LogP contribution < -0.4 is 0 Å². The molecule has 0 saturated heterocycles. The van der Waals surface area contributed by atoms with Crippen LogP contribution >= 0.6 is 22.7 Å². The van der Waals surface area contributed by atoms with Gasteiger partial charge in [-0.15, -0.1) is 0 Å². The van der Waals surface area contributed by atoms with Crippen LogP contribution in [0.3, 0.4) is 0 Å². The highest BCUT2D eigenvalue weighted by atomic mass is 35.6. The molecule has 0 aromatic heterocycles. The fourth-order valence-electron chi connectivity index (χ4n) is 4.18. The smallest absolute Gasteiger partial charge is 0.259 e. The molecule has 4 unspecified atom stereocenters. The number of halogens is 1. The van der Waals surface area contributed by atoms with Crippen molar-refractivity contribution < 1.29 is 3.79 Å². The van der Waals surface area contributed by atoms with Gasteiger partial charge in [-0.25, -0.2) is 0 Å². The molecule has 0 aromatic rings. The summed E-state index contributed by atoms with van der Waals surface area (Å²) in [7, 11) is 6.16. The molecule has 16 heavy (non-hydrogen) atoms. The van der Waals surface area contributed by atoms with Gasteiger partial charge in [0, 0.05) is 6.10 Å². The van der Waals surface area contributed by atoms with Crippen molar-refractivity contribution in [2.45, 2.75) is 45.5 Å². The number of rotatable bonds is 3. The van der Waals surface area contributed by atoms with Crippen LogP contribution in [-0.2, 0) is 3.79 Å². The van der Waals surface area contributed by atoms with Crippen LogP contribution in [0.4, 0.5) is 0 Å². The number of thiol groups is 1. The molecule has 2 fully saturated rings. The molecule has 1 radical (unpaired) electrons. The molecule has 2 bridgehead atoms. The Kier molecular flexibility index (Phi) is 3.69. The molecule has 2 aliphatic rings. The van der Waals surface area contributed by atoms with E-state index in [4.69, 9.17) is 13.8 Å². The van der Waals surface area contributed by atoms with Crippen LogP contribution in [0.2, 0.25) is 5.79 Å². The van der Waals surface area contributed by atoms with Crippen LogP contribution in [0.25, 0.3) is 0 Å². The summed E-state index contributed by atoms with van der Waals surface area (Å²) < 4.78 is 6.14. The van der Waals surface area contributed by atoms with Crippen molar-refractivity contribution in [2.24, 2.45) is 22.7 Å². The van der Waals surface area contributed by atoms with E-state index in [9.17, 15) is 0 Å². The Labute approximate surface area is 114 Å². The molecular weight excluding hydrogens is 255 g/mol. The molecule has 0 aromatic carbocycles. The Hall–Kier alpha value is 1.13. The first-order valence-corrected chi connectivity index (χ1v) is 10.3. The van der Waals surface area contributed by atoms with Gasteiger partial charge in [0.2, 0.25) is 0 Å². The lowest BCUT2D eigenvalue weighted by atomic mass is 9.70. The highest BCUT2D eigenvalue weighted by Gasteiger charge is 2.64. The van der Waals surface area contributed by atoms with E-state index < -0.39 is 13.6 Å². The molecule has 1 nitrogen and oxygen atoms in total. The molecule has 0 N–H and O–H groups in total. The lowest BCUT2D eigenvalue weighted by molar-refractivity contribution is 0.0149. The second-order valence-corrected chi connectivity index (χ2v) is 9.80. The normalized spacial score (nSPS) is 45.6. The maximum absolute atomic E-state index is 6.16. The molecule has 2 aliphatic carbocycles. The Morgan fingerprint density at radius 2 is 2.06 bits per heavy atom. The number of fused-ring (bicyclic) bond motifs is 2. The molecule has 4 heteroatoms. The lowest BCUT2D eigenvalue weighted by Crippen LogP contribution is -2.42. The van der Waals surface area contributed by atoms with E-state index in [0.717, 1.165) is 11.7 Å². The second-order valence-electron chi connectivity index (χ2n) is 6.23. The van der Waals surface area contributed by atoms with Crippen LogP contribution in [0.1, 0.15) is 33.6 Å². The standard InChI is InChI=1S/C11H19OS.CH3.Al.ClH/c1-10(2)8-4-5-11(10,3)9(12)7(8)6-13;;;/h7-9,13H,4-6H2,1-3H3;1H3;;1H/q-1;;+1;/p-1. The van der Waals surface area contributed by atoms with Crippen LogP contribution in [0.5, 0.6) is 0 Å². The van der Waals surface area contributed by atoms with Crippen molar-refractivity contribution in [2.75, 3.05) is 5.75 Å². The second kappa shape index (κ2) is 4.35. The average molecular weight is 277 g/mol. The van der Waals surface area contributed by atoms with E-state index >= 15 is 0 Å². The zero-order valence-corrected chi connectivity index (χ0v) is 13.5. The zero-order chi connectivity index (χ0) is 12.1. The van der Waals surface area contributed by atoms with Crippen LogP contribution in [0.15, 0.2) is 0 Å². The van der Waals surface area contributed by atoms with E-state index in [1.54, 1.807) is 0 Å². The zero-order valence-electron chi connectivity index (χ0n) is 10.7. The molecule has 2 rings (SSSR count). The van der Waals surface area contributed by atoms with Gasteiger partial charge in [-0.05, 0) is 41.3 Å². The predicted octanol–water partition coefficient (Wildman–Crippen LogP) is 3.73. The summed E-state index contributed by atoms with van der Waals surface area (Å²) in [6.45, 7) is 7.21. The Morgan fingerprint density at radius 3 is 2.56 bits per heavy atom. The molecular formula is C12H22AlClOS-. The first-order chi connectivity index (χ1) is 7.34. The minimum atomic E-state index is -1.47. The van der Waals surface area contributed by atoms with Crippen molar-refractivity contribution >= 4 is 36.2 Å². The Morgan fingerprint density at radius 1 is 1.44 bits per heavy atom. The maximum Gasteiger partial charge on any atom is 0.259 e. The third-order valence-corrected chi connectivity index (χ3v) is 6.85. The monoisotopic (exact) mass is 276 g/mol. The molecule has 4 atom stereocenters. The van der Waals surface area contributed by atoms with E-state index in [1.165, 1.54) is 12.8 Å². The van der Waals surface area contributed by atoms with Gasteiger partial charge in [0.1, 0.15) is 0 Å². The predicted molar refractivity (Wildman–Crippen MR) is 74.3 cm³/mol. The van der Waals surface area contributed by atoms with Crippen molar-refractivity contribution in [3.05, 3.63) is 0 Å². The molecule has 2 saturated carbocycles. The van der Waals surface area contributed by atoms with Crippen molar-refractivity contribution in [3.63, 3.8) is 0 Å². The number of hydrogen-bond acceptors (Lipinski definition) is 2.